The topological polar surface area (TPSA) is 82.1 Å². The normalized spacial score (nSPS) is 29.0. The zero-order valence-electron chi connectivity index (χ0n) is 12.1. The molecule has 1 saturated carbocycles. The number of anilines is 1. The van der Waals surface area contributed by atoms with Crippen LogP contribution in [-0.2, 0) is 0 Å². The zero-order chi connectivity index (χ0) is 15.0. The predicted molar refractivity (Wildman–Crippen MR) is 85.2 cm³/mol. The van der Waals surface area contributed by atoms with Gasteiger partial charge >= 0.3 is 0 Å². The molecular formula is C15H21N3O2S. The molecule has 4 N–H and O–H groups in total. The van der Waals surface area contributed by atoms with Gasteiger partial charge in [-0.1, -0.05) is 11.2 Å². The van der Waals surface area contributed by atoms with Crippen LogP contribution in [0.1, 0.15) is 18.4 Å². The van der Waals surface area contributed by atoms with Gasteiger partial charge in [0, 0.05) is 29.6 Å². The van der Waals surface area contributed by atoms with E-state index in [0.717, 1.165) is 42.1 Å². The van der Waals surface area contributed by atoms with Crippen LogP contribution in [-0.4, -0.2) is 41.6 Å². The van der Waals surface area contributed by atoms with E-state index in [0.29, 0.717) is 11.8 Å². The first-order valence-electron chi connectivity index (χ1n) is 7.23. The molecule has 0 aromatic heterocycles. The minimum Gasteiger partial charge on any atom is -0.409 e. The van der Waals surface area contributed by atoms with Gasteiger partial charge in [0.15, 0.2) is 5.84 Å². The van der Waals surface area contributed by atoms with Crippen molar-refractivity contribution in [1.29, 1.82) is 0 Å². The number of nitrogens with zero attached hydrogens (tertiary/aromatic N) is 2. The van der Waals surface area contributed by atoms with Crippen molar-refractivity contribution in [2.24, 2.45) is 22.7 Å². The van der Waals surface area contributed by atoms with Crippen LogP contribution in [0, 0.1) is 11.8 Å². The summed E-state index contributed by atoms with van der Waals surface area (Å²) in [6, 6.07) is 5.99. The third-order valence-electron chi connectivity index (χ3n) is 4.75. The van der Waals surface area contributed by atoms with Gasteiger partial charge in [-0.2, -0.15) is 0 Å². The first-order chi connectivity index (χ1) is 10.2. The molecule has 3 atom stereocenters. The van der Waals surface area contributed by atoms with E-state index in [9.17, 15) is 5.11 Å². The minimum atomic E-state index is -0.184. The first-order valence-corrected chi connectivity index (χ1v) is 8.46. The second kappa shape index (κ2) is 5.77. The second-order valence-electron chi connectivity index (χ2n) is 5.81. The van der Waals surface area contributed by atoms with Crippen LogP contribution in [0.2, 0.25) is 0 Å². The average molecular weight is 307 g/mol. The Hall–Kier alpha value is -1.40. The van der Waals surface area contributed by atoms with Crippen LogP contribution in [0.5, 0.6) is 0 Å². The van der Waals surface area contributed by atoms with Crippen molar-refractivity contribution in [2.75, 3.05) is 24.2 Å². The maximum Gasteiger partial charge on any atom is 0.173 e. The molecule has 3 rings (SSSR count). The Bertz CT molecular complexity index is 564. The number of hydrogen-bond donors (Lipinski definition) is 3. The molecule has 0 amide bonds. The van der Waals surface area contributed by atoms with E-state index >= 15 is 0 Å². The highest BCUT2D eigenvalue weighted by Crippen LogP contribution is 2.41. The van der Waals surface area contributed by atoms with Crippen LogP contribution >= 0.6 is 11.8 Å². The van der Waals surface area contributed by atoms with Crippen molar-refractivity contribution >= 4 is 23.3 Å². The van der Waals surface area contributed by atoms with Crippen molar-refractivity contribution in [3.63, 3.8) is 0 Å². The van der Waals surface area contributed by atoms with E-state index in [4.69, 9.17) is 10.9 Å². The molecule has 21 heavy (non-hydrogen) atoms. The molecule has 3 unspecified atom stereocenters. The van der Waals surface area contributed by atoms with Gasteiger partial charge in [0.2, 0.25) is 0 Å². The molecule has 0 spiro atoms. The largest absolute Gasteiger partial charge is 0.409 e. The van der Waals surface area contributed by atoms with Crippen molar-refractivity contribution < 1.29 is 10.3 Å². The van der Waals surface area contributed by atoms with Crippen LogP contribution in [0.3, 0.4) is 0 Å². The molecule has 2 fully saturated rings. The molecule has 6 heteroatoms. The Morgan fingerprint density at radius 2 is 2.19 bits per heavy atom. The molecule has 114 valence electrons. The summed E-state index contributed by atoms with van der Waals surface area (Å²) < 4.78 is 0. The van der Waals surface area contributed by atoms with Crippen LogP contribution < -0.4 is 10.6 Å². The molecule has 1 aromatic rings. The summed E-state index contributed by atoms with van der Waals surface area (Å²) in [6.45, 7) is 1.78. The number of nitrogens with two attached hydrogens (primary N) is 1. The number of rotatable bonds is 3. The van der Waals surface area contributed by atoms with Crippen molar-refractivity contribution in [3.8, 4) is 0 Å². The SMILES string of the molecule is CSc1cccc(N2CC3CCC(O)C3C2)c1/C(N)=N/O. The predicted octanol–water partition coefficient (Wildman–Crippen LogP) is 1.71. The lowest BCUT2D eigenvalue weighted by Crippen LogP contribution is -2.27. The molecule has 1 aromatic carbocycles. The highest BCUT2D eigenvalue weighted by Gasteiger charge is 2.42. The molecule has 2 aliphatic rings. The van der Waals surface area contributed by atoms with Crippen molar-refractivity contribution in [2.45, 2.75) is 23.8 Å². The van der Waals surface area contributed by atoms with Gasteiger partial charge in [-0.15, -0.1) is 11.8 Å². The van der Waals surface area contributed by atoms with E-state index < -0.39 is 0 Å². The monoisotopic (exact) mass is 307 g/mol. The molecule has 5 nitrogen and oxygen atoms in total. The summed E-state index contributed by atoms with van der Waals surface area (Å²) in [5.74, 6) is 1.05. The summed E-state index contributed by atoms with van der Waals surface area (Å²) in [4.78, 5) is 3.27. The fourth-order valence-electron chi connectivity index (χ4n) is 3.69. The zero-order valence-corrected chi connectivity index (χ0v) is 12.9. The second-order valence-corrected chi connectivity index (χ2v) is 6.66. The Morgan fingerprint density at radius 3 is 2.86 bits per heavy atom. The number of aliphatic hydroxyl groups is 1. The van der Waals surface area contributed by atoms with Crippen LogP contribution in [0.25, 0.3) is 0 Å². The maximum atomic E-state index is 10.1. The number of benzene rings is 1. The highest BCUT2D eigenvalue weighted by atomic mass is 32.2. The first kappa shape index (κ1) is 14.5. The minimum absolute atomic E-state index is 0.146. The van der Waals surface area contributed by atoms with Crippen molar-refractivity contribution in [3.05, 3.63) is 23.8 Å². The number of hydrogen-bond acceptors (Lipinski definition) is 5. The fraction of sp³-hybridized carbons (Fsp3) is 0.533. The third-order valence-corrected chi connectivity index (χ3v) is 5.53. The van der Waals surface area contributed by atoms with Gasteiger partial charge in [0.1, 0.15) is 0 Å². The Morgan fingerprint density at radius 1 is 1.38 bits per heavy atom. The van der Waals surface area contributed by atoms with Gasteiger partial charge in [-0.05, 0) is 37.1 Å². The summed E-state index contributed by atoms with van der Waals surface area (Å²) >= 11 is 1.59. The molecule has 0 radical (unpaired) electrons. The maximum absolute atomic E-state index is 10.1. The number of fused-ring (bicyclic) bond motifs is 1. The molecular weight excluding hydrogens is 286 g/mol. The van der Waals surface area contributed by atoms with Crippen molar-refractivity contribution in [1.82, 2.24) is 0 Å². The van der Waals surface area contributed by atoms with E-state index in [1.165, 1.54) is 0 Å². The molecule has 1 aliphatic carbocycles. The standard InChI is InChI=1S/C15H21N3O2S/c1-21-13-4-2-3-11(14(13)15(16)17-20)18-7-9-5-6-12(19)10(9)8-18/h2-4,9-10,12,19-20H,5-8H2,1H3,(H2,16,17). The third kappa shape index (κ3) is 2.46. The van der Waals surface area contributed by atoms with E-state index in [1.807, 2.05) is 24.5 Å². The molecule has 1 aliphatic heterocycles. The summed E-state index contributed by atoms with van der Waals surface area (Å²) in [7, 11) is 0. The smallest absolute Gasteiger partial charge is 0.173 e. The molecule has 1 saturated heterocycles. The van der Waals surface area contributed by atoms with Gasteiger partial charge in [-0.25, -0.2) is 0 Å². The number of amidine groups is 1. The van der Waals surface area contributed by atoms with Gasteiger partial charge in [0.25, 0.3) is 0 Å². The van der Waals surface area contributed by atoms with Gasteiger partial charge in [-0.3, -0.25) is 0 Å². The lowest BCUT2D eigenvalue weighted by atomic mass is 10.00. The highest BCUT2D eigenvalue weighted by molar-refractivity contribution is 7.98. The van der Waals surface area contributed by atoms with Crippen LogP contribution in [0.4, 0.5) is 5.69 Å². The summed E-state index contributed by atoms with van der Waals surface area (Å²) in [6.07, 6.45) is 3.80. The number of oxime groups is 1. The van der Waals surface area contributed by atoms with Gasteiger partial charge < -0.3 is 20.9 Å². The number of thioether (sulfide) groups is 1. The van der Waals surface area contributed by atoms with Crippen LogP contribution in [0.15, 0.2) is 28.3 Å². The quantitative estimate of drug-likeness (QED) is 0.260. The van der Waals surface area contributed by atoms with E-state index in [2.05, 4.69) is 10.1 Å². The van der Waals surface area contributed by atoms with E-state index in [1.54, 1.807) is 11.8 Å². The molecule has 0 bridgehead atoms. The lowest BCUT2D eigenvalue weighted by Gasteiger charge is -2.24. The molecule has 1 heterocycles. The Labute approximate surface area is 128 Å². The number of aliphatic hydroxyl groups excluding tert-OH is 1. The van der Waals surface area contributed by atoms with Gasteiger partial charge in [0.05, 0.1) is 11.7 Å². The van der Waals surface area contributed by atoms with E-state index in [-0.39, 0.29) is 11.9 Å². The Balaban J connectivity index is 1.96. The summed E-state index contributed by atoms with van der Waals surface area (Å²) in [5, 5.41) is 22.3. The fourth-order valence-corrected chi connectivity index (χ4v) is 4.32. The average Bonchev–Trinajstić information content (AvgIpc) is 3.08. The Kier molecular flexibility index (Phi) is 3.99. The summed E-state index contributed by atoms with van der Waals surface area (Å²) in [5.41, 5.74) is 7.69. The lowest BCUT2D eigenvalue weighted by molar-refractivity contribution is 0.133.